The predicted molar refractivity (Wildman–Crippen MR) is 181 cm³/mol. The molecule has 5 N–H and O–H groups in total. The van der Waals surface area contributed by atoms with E-state index in [0.29, 0.717) is 23.0 Å². The molecule has 0 spiro atoms. The van der Waals surface area contributed by atoms with Crippen LogP contribution in [0, 0.1) is 13.8 Å². The fourth-order valence-corrected chi connectivity index (χ4v) is 5.96. The molecule has 0 radical (unpaired) electrons. The molecule has 0 aliphatic heterocycles. The number of nitrogens with two attached hydrogens (primary N) is 2. The molecule has 43 heavy (non-hydrogen) atoms. The molecule has 0 amide bonds. The van der Waals surface area contributed by atoms with E-state index >= 15 is 0 Å². The summed E-state index contributed by atoms with van der Waals surface area (Å²) in [6.07, 6.45) is 2.48. The zero-order chi connectivity index (χ0) is 31.9. The minimum Gasteiger partial charge on any atom is -0.507 e. The van der Waals surface area contributed by atoms with Crippen LogP contribution in [-0.4, -0.2) is 20.1 Å². The van der Waals surface area contributed by atoms with E-state index in [4.69, 9.17) is 21.4 Å². The number of aryl methyl sites for hydroxylation is 3. The van der Waals surface area contributed by atoms with Crippen molar-refractivity contribution in [2.75, 3.05) is 11.5 Å². The van der Waals surface area contributed by atoms with Crippen LogP contribution in [0.5, 0.6) is 5.75 Å². The number of pyridine rings is 1. The number of hydrogen-bond acceptors (Lipinski definition) is 6. The van der Waals surface area contributed by atoms with Crippen LogP contribution in [-0.2, 0) is 23.7 Å². The van der Waals surface area contributed by atoms with Gasteiger partial charge in [-0.05, 0) is 89.8 Å². The van der Waals surface area contributed by atoms with Crippen molar-refractivity contribution < 1.29 is 5.11 Å². The minimum absolute atomic E-state index is 0.0837. The van der Waals surface area contributed by atoms with Gasteiger partial charge in [-0.1, -0.05) is 85.7 Å². The maximum absolute atomic E-state index is 11.1. The van der Waals surface area contributed by atoms with Gasteiger partial charge in [-0.3, -0.25) is 0 Å². The van der Waals surface area contributed by atoms with E-state index in [9.17, 15) is 5.11 Å². The molecule has 0 bridgehead atoms. The Labute approximate surface area is 258 Å². The van der Waals surface area contributed by atoms with E-state index in [-0.39, 0.29) is 22.5 Å². The average Bonchev–Trinajstić information content (AvgIpc) is 2.90. The molecular weight excluding hydrogens is 530 g/mol. The third kappa shape index (κ3) is 6.69. The van der Waals surface area contributed by atoms with Gasteiger partial charge in [-0.25, -0.2) is 15.0 Å². The van der Waals surface area contributed by atoms with E-state index in [1.165, 1.54) is 11.1 Å². The van der Waals surface area contributed by atoms with Crippen molar-refractivity contribution in [1.29, 1.82) is 0 Å². The third-order valence-corrected chi connectivity index (χ3v) is 8.72. The zero-order valence-electron chi connectivity index (χ0n) is 27.7. The van der Waals surface area contributed by atoms with Crippen molar-refractivity contribution in [2.24, 2.45) is 0 Å². The van der Waals surface area contributed by atoms with Gasteiger partial charge in [0.1, 0.15) is 17.4 Å². The second kappa shape index (κ2) is 12.0. The molecule has 0 atom stereocenters. The summed E-state index contributed by atoms with van der Waals surface area (Å²) in [5.41, 5.74) is 22.7. The smallest absolute Gasteiger partial charge is 0.165 e. The first kappa shape index (κ1) is 32.0. The van der Waals surface area contributed by atoms with Crippen LogP contribution in [0.4, 0.5) is 11.6 Å². The number of hydrogen-bond donors (Lipinski definition) is 3. The Morgan fingerprint density at radius 1 is 0.814 bits per heavy atom. The number of aromatic hydroxyl groups is 1. The van der Waals surface area contributed by atoms with Crippen molar-refractivity contribution in [2.45, 2.75) is 105 Å². The number of nitrogen functional groups attached to an aromatic ring is 2. The third-order valence-electron chi connectivity index (χ3n) is 8.72. The number of nitrogens with zero attached hydrogens (tertiary/aromatic N) is 3. The quantitative estimate of drug-likeness (QED) is 0.193. The van der Waals surface area contributed by atoms with Crippen LogP contribution in [0.3, 0.4) is 0 Å². The molecule has 0 unspecified atom stereocenters. The Morgan fingerprint density at radius 2 is 1.47 bits per heavy atom. The fourth-order valence-electron chi connectivity index (χ4n) is 5.96. The van der Waals surface area contributed by atoms with Gasteiger partial charge in [0.2, 0.25) is 0 Å². The SMILES string of the molecule is CCc1c(C)cc(-c2ccc(C(C)(C)CCc3nc(-c4c(C)cc(C(C)(C)C)cc4O)nc(N)c3C(C)C)cc2)nc1N. The van der Waals surface area contributed by atoms with Crippen LogP contribution in [0.15, 0.2) is 42.5 Å². The van der Waals surface area contributed by atoms with Crippen molar-refractivity contribution in [1.82, 2.24) is 15.0 Å². The van der Waals surface area contributed by atoms with Gasteiger partial charge in [0.05, 0.1) is 17.0 Å². The highest BCUT2D eigenvalue weighted by molar-refractivity contribution is 5.71. The van der Waals surface area contributed by atoms with Gasteiger partial charge < -0.3 is 16.6 Å². The summed E-state index contributed by atoms with van der Waals surface area (Å²) in [5.74, 6) is 1.92. The normalized spacial score (nSPS) is 12.3. The Bertz CT molecular complexity index is 1580. The van der Waals surface area contributed by atoms with Crippen molar-refractivity contribution in [3.8, 4) is 28.4 Å². The first-order valence-corrected chi connectivity index (χ1v) is 15.4. The summed E-state index contributed by atoms with van der Waals surface area (Å²) in [6.45, 7) is 21.4. The largest absolute Gasteiger partial charge is 0.507 e. The lowest BCUT2D eigenvalue weighted by atomic mass is 9.79. The Morgan fingerprint density at radius 3 is 2.00 bits per heavy atom. The highest BCUT2D eigenvalue weighted by Gasteiger charge is 2.25. The fraction of sp³-hybridized carbons (Fsp3) is 0.432. The van der Waals surface area contributed by atoms with Crippen molar-refractivity contribution >= 4 is 11.6 Å². The van der Waals surface area contributed by atoms with Crippen LogP contribution in [0.2, 0.25) is 0 Å². The first-order valence-electron chi connectivity index (χ1n) is 15.4. The van der Waals surface area contributed by atoms with Gasteiger partial charge in [-0.2, -0.15) is 0 Å². The predicted octanol–water partition coefficient (Wildman–Crippen LogP) is 8.59. The molecule has 6 heteroatoms. The average molecular weight is 580 g/mol. The van der Waals surface area contributed by atoms with Gasteiger partial charge in [0.15, 0.2) is 5.82 Å². The monoisotopic (exact) mass is 579 g/mol. The summed E-state index contributed by atoms with van der Waals surface area (Å²) in [5, 5.41) is 11.1. The standard InChI is InChI=1S/C37H49N5O/c1-11-27-22(4)19-29(40-33(27)38)24-12-14-25(15-13-24)37(9,10)17-16-28-31(21(2)3)34(39)42-35(41-28)32-23(5)18-26(20-30(32)43)36(6,7)8/h12-15,18-21,43H,11,16-17H2,1-10H3,(H2,38,40)(H2,39,41,42). The van der Waals surface area contributed by atoms with Gasteiger partial charge in [0, 0.05) is 11.1 Å². The summed E-state index contributed by atoms with van der Waals surface area (Å²) >= 11 is 0. The van der Waals surface area contributed by atoms with E-state index in [2.05, 4.69) is 104 Å². The maximum Gasteiger partial charge on any atom is 0.165 e. The van der Waals surface area contributed by atoms with Crippen molar-refractivity contribution in [3.63, 3.8) is 0 Å². The lowest BCUT2D eigenvalue weighted by Crippen LogP contribution is -2.20. The zero-order valence-corrected chi connectivity index (χ0v) is 27.7. The number of anilines is 2. The van der Waals surface area contributed by atoms with Gasteiger partial charge in [-0.15, -0.1) is 0 Å². The number of aromatic nitrogens is 3. The van der Waals surface area contributed by atoms with Crippen LogP contribution < -0.4 is 11.5 Å². The summed E-state index contributed by atoms with van der Waals surface area (Å²) in [6, 6.07) is 14.7. The molecule has 228 valence electrons. The first-order chi connectivity index (χ1) is 20.0. The molecule has 2 aromatic carbocycles. The Hall–Kier alpha value is -3.93. The maximum atomic E-state index is 11.1. The molecule has 2 aromatic heterocycles. The van der Waals surface area contributed by atoms with E-state index in [0.717, 1.165) is 58.5 Å². The summed E-state index contributed by atoms with van der Waals surface area (Å²) in [7, 11) is 0. The molecule has 0 saturated heterocycles. The highest BCUT2D eigenvalue weighted by atomic mass is 16.3. The van der Waals surface area contributed by atoms with Crippen LogP contribution >= 0.6 is 0 Å². The van der Waals surface area contributed by atoms with Crippen LogP contribution in [0.1, 0.15) is 107 Å². The van der Waals surface area contributed by atoms with Crippen molar-refractivity contribution in [3.05, 3.63) is 81.5 Å². The minimum atomic E-state index is -0.118. The van der Waals surface area contributed by atoms with E-state index in [1.807, 2.05) is 13.0 Å². The molecule has 4 aromatic rings. The van der Waals surface area contributed by atoms with E-state index in [1.54, 1.807) is 0 Å². The molecule has 0 fully saturated rings. The van der Waals surface area contributed by atoms with E-state index < -0.39 is 0 Å². The van der Waals surface area contributed by atoms with Gasteiger partial charge >= 0.3 is 0 Å². The Kier molecular flexibility index (Phi) is 8.92. The second-order valence-corrected chi connectivity index (χ2v) is 13.9. The lowest BCUT2D eigenvalue weighted by molar-refractivity contribution is 0.471. The molecule has 4 rings (SSSR count). The number of rotatable bonds is 8. The molecule has 0 aliphatic carbocycles. The Balaban J connectivity index is 1.64. The second-order valence-electron chi connectivity index (χ2n) is 13.9. The summed E-state index contributed by atoms with van der Waals surface area (Å²) < 4.78 is 0. The molecule has 0 saturated carbocycles. The molecule has 0 aliphatic rings. The number of phenols is 1. The lowest BCUT2D eigenvalue weighted by Gasteiger charge is -2.27. The van der Waals surface area contributed by atoms with Crippen LogP contribution in [0.25, 0.3) is 22.6 Å². The molecule has 2 heterocycles. The molecular formula is C37H49N5O. The highest BCUT2D eigenvalue weighted by Crippen LogP contribution is 2.38. The number of benzene rings is 2. The topological polar surface area (TPSA) is 111 Å². The van der Waals surface area contributed by atoms with Gasteiger partial charge in [0.25, 0.3) is 0 Å². The number of phenolic OH excluding ortho intramolecular Hbond substituents is 1. The molecule has 6 nitrogen and oxygen atoms in total. The summed E-state index contributed by atoms with van der Waals surface area (Å²) in [4.78, 5) is 14.4.